The lowest BCUT2D eigenvalue weighted by Gasteiger charge is -2.40. The summed E-state index contributed by atoms with van der Waals surface area (Å²) in [5, 5.41) is 5.07. The number of fused-ring (bicyclic) bond motifs is 5. The minimum atomic E-state index is -0.633. The van der Waals surface area contributed by atoms with Crippen LogP contribution >= 0.6 is 11.3 Å². The van der Waals surface area contributed by atoms with E-state index < -0.39 is 6.17 Å². The van der Waals surface area contributed by atoms with Crippen LogP contribution in [0.2, 0.25) is 0 Å². The molecule has 0 fully saturated rings. The maximum absolute atomic E-state index is 13.6. The first-order valence-electron chi connectivity index (χ1n) is 10.7. The maximum Gasteiger partial charge on any atom is 0.264 e. The van der Waals surface area contributed by atoms with E-state index in [1.807, 2.05) is 0 Å². The van der Waals surface area contributed by atoms with Crippen molar-refractivity contribution >= 4 is 39.9 Å². The van der Waals surface area contributed by atoms with Gasteiger partial charge in [-0.15, -0.1) is 11.3 Å². The number of carbonyl (C=O) groups excluding carboxylic acids is 3. The quantitative estimate of drug-likeness (QED) is 0.556. The summed E-state index contributed by atoms with van der Waals surface area (Å²) in [5.41, 5.74) is 2.04. The Balaban J connectivity index is 1.48. The summed E-state index contributed by atoms with van der Waals surface area (Å²) in [7, 11) is 3.00. The minimum absolute atomic E-state index is 0.175. The molecular formula is C24H22N4O5S. The molecule has 1 unspecified atom stereocenters. The van der Waals surface area contributed by atoms with Crippen molar-refractivity contribution in [2.75, 3.05) is 31.0 Å². The van der Waals surface area contributed by atoms with Crippen LogP contribution in [0.3, 0.4) is 0 Å². The number of anilines is 2. The van der Waals surface area contributed by atoms with Crippen molar-refractivity contribution in [1.82, 2.24) is 9.88 Å². The predicted molar refractivity (Wildman–Crippen MR) is 127 cm³/mol. The van der Waals surface area contributed by atoms with E-state index in [9.17, 15) is 14.4 Å². The summed E-state index contributed by atoms with van der Waals surface area (Å²) in [6.45, 7) is 0.292. The van der Waals surface area contributed by atoms with Gasteiger partial charge in [-0.1, -0.05) is 18.2 Å². The number of para-hydroxylation sites is 1. The molecule has 1 N–H and O–H groups in total. The largest absolute Gasteiger partial charge is 0.493 e. The van der Waals surface area contributed by atoms with Gasteiger partial charge in [-0.2, -0.15) is 0 Å². The van der Waals surface area contributed by atoms with Gasteiger partial charge < -0.3 is 19.7 Å². The summed E-state index contributed by atoms with van der Waals surface area (Å²) < 4.78 is 10.9. The Labute approximate surface area is 199 Å². The number of hydrogen-bond donors (Lipinski definition) is 1. The topological polar surface area (TPSA) is 101 Å². The Morgan fingerprint density at radius 2 is 1.94 bits per heavy atom. The zero-order chi connectivity index (χ0) is 23.8. The molecule has 0 spiro atoms. The first-order chi connectivity index (χ1) is 16.5. The number of methoxy groups -OCH3 is 2. The highest BCUT2D eigenvalue weighted by Gasteiger charge is 2.49. The normalized spacial score (nSPS) is 16.1. The summed E-state index contributed by atoms with van der Waals surface area (Å²) in [4.78, 5) is 46.8. The molecule has 3 heterocycles. The van der Waals surface area contributed by atoms with Gasteiger partial charge in [-0.3, -0.25) is 19.3 Å². The van der Waals surface area contributed by atoms with Crippen molar-refractivity contribution in [2.45, 2.75) is 19.0 Å². The number of carbonyl (C=O) groups is 3. The molecule has 2 aliphatic rings. The van der Waals surface area contributed by atoms with Gasteiger partial charge in [-0.05, 0) is 24.6 Å². The molecule has 1 aromatic heterocycles. The number of nitrogens with zero attached hydrogens (tertiary/aromatic N) is 3. The Bertz CT molecular complexity index is 1280. The molecule has 9 nitrogen and oxygen atoms in total. The zero-order valence-electron chi connectivity index (χ0n) is 18.6. The third kappa shape index (κ3) is 3.47. The SMILES string of the molecule is COc1ccc2c(c1OC)C(=O)N1c3ccccc3C(=O)N(CCCC(=O)Nc3nccs3)C21. The van der Waals surface area contributed by atoms with Crippen LogP contribution < -0.4 is 19.7 Å². The van der Waals surface area contributed by atoms with Crippen molar-refractivity contribution in [2.24, 2.45) is 0 Å². The molecule has 174 valence electrons. The average Bonchev–Trinajstić information content (AvgIpc) is 3.46. The Morgan fingerprint density at radius 3 is 2.68 bits per heavy atom. The van der Waals surface area contributed by atoms with E-state index in [1.165, 1.54) is 25.6 Å². The van der Waals surface area contributed by atoms with Crippen LogP contribution in [0, 0.1) is 0 Å². The third-order valence-corrected chi connectivity index (χ3v) is 6.65. The van der Waals surface area contributed by atoms with Crippen LogP contribution in [-0.4, -0.2) is 48.4 Å². The van der Waals surface area contributed by atoms with Gasteiger partial charge >= 0.3 is 0 Å². The molecule has 0 aliphatic carbocycles. The Morgan fingerprint density at radius 1 is 1.12 bits per heavy atom. The van der Waals surface area contributed by atoms with Crippen LogP contribution in [0.5, 0.6) is 11.5 Å². The Kier molecular flexibility index (Phi) is 5.66. The van der Waals surface area contributed by atoms with Crippen LogP contribution in [0.25, 0.3) is 0 Å². The molecule has 1 atom stereocenters. The monoisotopic (exact) mass is 478 g/mol. The fourth-order valence-electron chi connectivity index (χ4n) is 4.53. The van der Waals surface area contributed by atoms with Crippen LogP contribution in [0.15, 0.2) is 48.0 Å². The number of ether oxygens (including phenoxy) is 2. The highest BCUT2D eigenvalue weighted by molar-refractivity contribution is 7.13. The number of nitrogens with one attached hydrogen (secondary N) is 1. The minimum Gasteiger partial charge on any atom is -0.493 e. The van der Waals surface area contributed by atoms with Crippen molar-refractivity contribution in [3.63, 3.8) is 0 Å². The van der Waals surface area contributed by atoms with E-state index in [-0.39, 0.29) is 24.1 Å². The van der Waals surface area contributed by atoms with Crippen molar-refractivity contribution in [3.05, 3.63) is 64.7 Å². The van der Waals surface area contributed by atoms with Gasteiger partial charge in [0.2, 0.25) is 5.91 Å². The average molecular weight is 479 g/mol. The van der Waals surface area contributed by atoms with E-state index in [0.717, 1.165) is 0 Å². The Hall–Kier alpha value is -3.92. The summed E-state index contributed by atoms with van der Waals surface area (Å²) in [6.07, 6.45) is 1.62. The molecule has 3 aromatic rings. The summed E-state index contributed by atoms with van der Waals surface area (Å²) >= 11 is 1.34. The summed E-state index contributed by atoms with van der Waals surface area (Å²) in [5.74, 6) is 0.160. The molecule has 0 radical (unpaired) electrons. The maximum atomic E-state index is 13.6. The van der Waals surface area contributed by atoms with E-state index >= 15 is 0 Å². The van der Waals surface area contributed by atoms with Crippen LogP contribution in [0.4, 0.5) is 10.8 Å². The molecular weight excluding hydrogens is 456 g/mol. The first kappa shape index (κ1) is 21.9. The van der Waals surface area contributed by atoms with E-state index in [4.69, 9.17) is 9.47 Å². The lowest BCUT2D eigenvalue weighted by molar-refractivity contribution is -0.116. The van der Waals surface area contributed by atoms with Gasteiger partial charge in [0.15, 0.2) is 16.6 Å². The number of thiazole rings is 1. The second-order valence-corrected chi connectivity index (χ2v) is 8.71. The number of hydrogen-bond acceptors (Lipinski definition) is 7. The molecule has 3 amide bonds. The predicted octanol–water partition coefficient (Wildman–Crippen LogP) is 3.69. The van der Waals surface area contributed by atoms with Crippen LogP contribution in [0.1, 0.15) is 45.3 Å². The number of amides is 3. The van der Waals surface area contributed by atoms with Gasteiger partial charge in [-0.25, -0.2) is 4.98 Å². The fraction of sp³-hybridized carbons (Fsp3) is 0.250. The third-order valence-electron chi connectivity index (χ3n) is 5.96. The van der Waals surface area contributed by atoms with E-state index in [2.05, 4.69) is 10.3 Å². The molecule has 0 saturated carbocycles. The smallest absolute Gasteiger partial charge is 0.264 e. The molecule has 0 saturated heterocycles. The van der Waals surface area contributed by atoms with E-state index in [0.29, 0.717) is 52.0 Å². The standard InChI is InChI=1S/C24H22N4O5S/c1-32-17-10-9-15-19(20(17)33-2)23(31)28-16-7-4-3-6-14(16)22(30)27(21(15)28)12-5-8-18(29)26-24-25-11-13-34-24/h3-4,6-7,9-11,13,21H,5,8,12H2,1-2H3,(H,25,26,29). The molecule has 2 aromatic carbocycles. The molecule has 5 rings (SSSR count). The molecule has 0 bridgehead atoms. The van der Waals surface area contributed by atoms with Crippen molar-refractivity contribution < 1.29 is 23.9 Å². The first-order valence-corrected chi connectivity index (χ1v) is 11.6. The highest BCUT2D eigenvalue weighted by Crippen LogP contribution is 2.49. The fourth-order valence-corrected chi connectivity index (χ4v) is 5.07. The lowest BCUT2D eigenvalue weighted by atomic mass is 10.0. The van der Waals surface area contributed by atoms with Gasteiger partial charge in [0.05, 0.1) is 31.0 Å². The van der Waals surface area contributed by atoms with Gasteiger partial charge in [0.25, 0.3) is 11.8 Å². The highest BCUT2D eigenvalue weighted by atomic mass is 32.1. The summed E-state index contributed by atoms with van der Waals surface area (Å²) in [6, 6.07) is 10.6. The van der Waals surface area contributed by atoms with Crippen LogP contribution in [-0.2, 0) is 4.79 Å². The van der Waals surface area contributed by atoms with Crippen molar-refractivity contribution in [3.8, 4) is 11.5 Å². The number of rotatable bonds is 7. The van der Waals surface area contributed by atoms with Gasteiger partial charge in [0, 0.05) is 30.1 Å². The second-order valence-electron chi connectivity index (χ2n) is 7.82. The van der Waals surface area contributed by atoms with Crippen molar-refractivity contribution in [1.29, 1.82) is 0 Å². The number of benzene rings is 2. The zero-order valence-corrected chi connectivity index (χ0v) is 19.4. The van der Waals surface area contributed by atoms with E-state index in [1.54, 1.807) is 57.8 Å². The molecule has 34 heavy (non-hydrogen) atoms. The number of aromatic nitrogens is 1. The second kappa shape index (κ2) is 8.79. The lowest BCUT2D eigenvalue weighted by Crippen LogP contribution is -2.48. The molecule has 10 heteroatoms. The van der Waals surface area contributed by atoms with Gasteiger partial charge in [0.1, 0.15) is 6.17 Å². The molecule has 2 aliphatic heterocycles.